The van der Waals surface area contributed by atoms with Crippen LogP contribution in [-0.2, 0) is 16.1 Å². The van der Waals surface area contributed by atoms with E-state index in [0.29, 0.717) is 16.8 Å². The van der Waals surface area contributed by atoms with Gasteiger partial charge in [0.15, 0.2) is 17.3 Å². The highest BCUT2D eigenvalue weighted by Gasteiger charge is 2.31. The Bertz CT molecular complexity index is 1330. The van der Waals surface area contributed by atoms with Crippen molar-refractivity contribution in [3.63, 3.8) is 0 Å². The van der Waals surface area contributed by atoms with E-state index >= 15 is 0 Å². The van der Waals surface area contributed by atoms with Crippen LogP contribution >= 0.6 is 0 Å². The number of para-hydroxylation sites is 2. The summed E-state index contributed by atoms with van der Waals surface area (Å²) in [4.78, 5) is 25.5. The molecule has 8 heteroatoms. The van der Waals surface area contributed by atoms with Gasteiger partial charge in [0.2, 0.25) is 0 Å². The average molecular weight is 460 g/mol. The van der Waals surface area contributed by atoms with Gasteiger partial charge in [-0.25, -0.2) is 18.7 Å². The lowest BCUT2D eigenvalue weighted by atomic mass is 10.0. The zero-order chi connectivity index (χ0) is 24.1. The molecule has 4 rings (SSSR count). The summed E-state index contributed by atoms with van der Waals surface area (Å²) in [6, 6.07) is 22.1. The topological polar surface area (TPSA) is 79.7 Å². The number of hydrogen-bond acceptors (Lipinski definition) is 6. The molecule has 0 saturated carbocycles. The minimum atomic E-state index is -0.734. The number of hydrogen-bond donors (Lipinski definition) is 0. The highest BCUT2D eigenvalue weighted by atomic mass is 19.1. The zero-order valence-electron chi connectivity index (χ0n) is 18.5. The largest absolute Gasteiger partial charge is 0.486 e. The molecule has 0 unspecified atom stereocenters. The summed E-state index contributed by atoms with van der Waals surface area (Å²) in [5.74, 6) is -1.80. The van der Waals surface area contributed by atoms with Crippen LogP contribution < -0.4 is 4.74 Å². The quantitative estimate of drug-likeness (QED) is 0.368. The summed E-state index contributed by atoms with van der Waals surface area (Å²) in [5, 5.41) is 4.58. The molecule has 7 nitrogen and oxygen atoms in total. The number of methoxy groups -OCH3 is 2. The molecule has 0 atom stereocenters. The Morgan fingerprint density at radius 2 is 1.59 bits per heavy atom. The molecule has 172 valence electrons. The van der Waals surface area contributed by atoms with Gasteiger partial charge in [-0.2, -0.15) is 5.10 Å². The molecule has 0 bridgehead atoms. The average Bonchev–Trinajstić information content (AvgIpc) is 3.29. The van der Waals surface area contributed by atoms with Crippen molar-refractivity contribution in [2.75, 3.05) is 14.2 Å². The third-order valence-electron chi connectivity index (χ3n) is 5.09. The summed E-state index contributed by atoms with van der Waals surface area (Å²) in [6.07, 6.45) is 0. The molecule has 1 aromatic heterocycles. The molecule has 0 saturated heterocycles. The van der Waals surface area contributed by atoms with Crippen LogP contribution in [-0.4, -0.2) is 35.9 Å². The summed E-state index contributed by atoms with van der Waals surface area (Å²) in [6.45, 7) is 0.0889. The van der Waals surface area contributed by atoms with E-state index in [1.54, 1.807) is 66.7 Å². The molecule has 0 fully saturated rings. The predicted molar refractivity (Wildman–Crippen MR) is 122 cm³/mol. The summed E-state index contributed by atoms with van der Waals surface area (Å²) in [7, 11) is 2.46. The predicted octanol–water partition coefficient (Wildman–Crippen LogP) is 4.83. The monoisotopic (exact) mass is 460 g/mol. The number of aromatic nitrogens is 2. The van der Waals surface area contributed by atoms with Gasteiger partial charge in [0.25, 0.3) is 0 Å². The Morgan fingerprint density at radius 1 is 0.882 bits per heavy atom. The second-order valence-electron chi connectivity index (χ2n) is 7.22. The molecule has 0 aliphatic carbocycles. The van der Waals surface area contributed by atoms with Gasteiger partial charge in [0.05, 0.1) is 19.9 Å². The first-order valence-electron chi connectivity index (χ1n) is 10.3. The van der Waals surface area contributed by atoms with Crippen LogP contribution in [0.1, 0.15) is 26.4 Å². The molecule has 0 N–H and O–H groups in total. The third-order valence-corrected chi connectivity index (χ3v) is 5.09. The molecule has 1 heterocycles. The Balaban J connectivity index is 1.80. The molecular formula is C26H21FN2O5. The Kier molecular flexibility index (Phi) is 6.68. The highest BCUT2D eigenvalue weighted by molar-refractivity contribution is 6.06. The first-order valence-corrected chi connectivity index (χ1v) is 10.3. The maximum Gasteiger partial charge on any atom is 0.357 e. The number of halogens is 1. The van der Waals surface area contributed by atoms with Crippen LogP contribution in [0.15, 0.2) is 78.9 Å². The smallest absolute Gasteiger partial charge is 0.357 e. The van der Waals surface area contributed by atoms with Crippen molar-refractivity contribution in [3.8, 4) is 22.7 Å². The molecule has 0 radical (unpaired) electrons. The van der Waals surface area contributed by atoms with Crippen LogP contribution in [0.4, 0.5) is 4.39 Å². The van der Waals surface area contributed by atoms with Crippen molar-refractivity contribution in [2.24, 2.45) is 0 Å². The van der Waals surface area contributed by atoms with Crippen molar-refractivity contribution in [3.05, 3.63) is 102 Å². The first kappa shape index (κ1) is 22.7. The minimum Gasteiger partial charge on any atom is -0.486 e. The van der Waals surface area contributed by atoms with Gasteiger partial charge < -0.3 is 14.2 Å². The van der Waals surface area contributed by atoms with Gasteiger partial charge in [0, 0.05) is 5.56 Å². The molecule has 0 spiro atoms. The van der Waals surface area contributed by atoms with E-state index in [1.807, 2.05) is 6.07 Å². The molecule has 3 aromatic carbocycles. The van der Waals surface area contributed by atoms with Crippen LogP contribution in [0.3, 0.4) is 0 Å². The first-order chi connectivity index (χ1) is 16.5. The maximum absolute atomic E-state index is 13.9. The number of carbonyl (C=O) groups is 2. The van der Waals surface area contributed by atoms with Gasteiger partial charge in [-0.1, -0.05) is 48.5 Å². The number of benzene rings is 3. The Morgan fingerprint density at radius 3 is 2.29 bits per heavy atom. The lowest BCUT2D eigenvalue weighted by Gasteiger charge is -2.09. The summed E-state index contributed by atoms with van der Waals surface area (Å²) in [5.41, 5.74) is 2.00. The van der Waals surface area contributed by atoms with Gasteiger partial charge in [-0.05, 0) is 35.9 Å². The van der Waals surface area contributed by atoms with Crippen LogP contribution in [0.5, 0.6) is 5.75 Å². The van der Waals surface area contributed by atoms with E-state index in [2.05, 4.69) is 5.10 Å². The fourth-order valence-corrected chi connectivity index (χ4v) is 3.49. The Hall–Kier alpha value is -4.46. The molecule has 34 heavy (non-hydrogen) atoms. The van der Waals surface area contributed by atoms with E-state index in [9.17, 15) is 14.0 Å². The number of carbonyl (C=O) groups excluding carboxylic acids is 2. The number of nitrogens with zero attached hydrogens (tertiary/aromatic N) is 2. The summed E-state index contributed by atoms with van der Waals surface area (Å²) >= 11 is 0. The van der Waals surface area contributed by atoms with Gasteiger partial charge in [-0.15, -0.1) is 0 Å². The van der Waals surface area contributed by atoms with Crippen LogP contribution in [0.25, 0.3) is 16.9 Å². The number of ether oxygens (including phenoxy) is 3. The maximum atomic E-state index is 13.9. The molecule has 4 aromatic rings. The Labute approximate surface area is 195 Å². The van der Waals surface area contributed by atoms with E-state index in [0.717, 1.165) is 0 Å². The molecular weight excluding hydrogens is 439 g/mol. The van der Waals surface area contributed by atoms with E-state index in [4.69, 9.17) is 14.2 Å². The van der Waals surface area contributed by atoms with E-state index in [-0.39, 0.29) is 29.3 Å². The fraction of sp³-hybridized carbons (Fsp3) is 0.115. The van der Waals surface area contributed by atoms with E-state index in [1.165, 1.54) is 25.0 Å². The van der Waals surface area contributed by atoms with Gasteiger partial charge in [-0.3, -0.25) is 0 Å². The molecule has 0 amide bonds. The molecule has 0 aliphatic heterocycles. The normalized spacial score (nSPS) is 10.6. The lowest BCUT2D eigenvalue weighted by Crippen LogP contribution is -2.15. The minimum absolute atomic E-state index is 0.0228. The van der Waals surface area contributed by atoms with Crippen molar-refractivity contribution in [1.82, 2.24) is 9.78 Å². The highest BCUT2D eigenvalue weighted by Crippen LogP contribution is 2.30. The third kappa shape index (κ3) is 4.52. The van der Waals surface area contributed by atoms with Crippen molar-refractivity contribution in [2.45, 2.75) is 6.61 Å². The van der Waals surface area contributed by atoms with E-state index < -0.39 is 17.8 Å². The van der Waals surface area contributed by atoms with Crippen LogP contribution in [0.2, 0.25) is 0 Å². The number of esters is 2. The SMILES string of the molecule is COC(=O)c1c(-c2cccc(COc3ccccc3F)c2)nn(-c2ccccc2)c1C(=O)OC. The van der Waals surface area contributed by atoms with Gasteiger partial charge >= 0.3 is 11.9 Å². The number of rotatable bonds is 7. The second kappa shape index (κ2) is 9.99. The lowest BCUT2D eigenvalue weighted by molar-refractivity contribution is 0.0549. The van der Waals surface area contributed by atoms with Crippen molar-refractivity contribution < 1.29 is 28.2 Å². The zero-order valence-corrected chi connectivity index (χ0v) is 18.5. The fourth-order valence-electron chi connectivity index (χ4n) is 3.49. The van der Waals surface area contributed by atoms with Crippen molar-refractivity contribution >= 4 is 11.9 Å². The summed E-state index contributed by atoms with van der Waals surface area (Å²) < 4.78 is 30.8. The van der Waals surface area contributed by atoms with Crippen LogP contribution in [0, 0.1) is 5.82 Å². The second-order valence-corrected chi connectivity index (χ2v) is 7.22. The molecule has 0 aliphatic rings. The van der Waals surface area contributed by atoms with Gasteiger partial charge in [0.1, 0.15) is 17.9 Å². The standard InChI is InChI=1S/C26H21FN2O5/c1-32-25(30)22-23(28-29(24(22)26(31)33-2)19-11-4-3-5-12-19)18-10-8-9-17(15-18)16-34-21-14-7-6-13-20(21)27/h3-15H,16H2,1-2H3. The van der Waals surface area contributed by atoms with Crippen molar-refractivity contribution in [1.29, 1.82) is 0 Å².